The first-order valence-electron chi connectivity index (χ1n) is 7.80. The highest BCUT2D eigenvalue weighted by Gasteiger charge is 2.23. The van der Waals surface area contributed by atoms with E-state index in [4.69, 9.17) is 5.14 Å². The molecule has 0 aliphatic carbocycles. The lowest BCUT2D eigenvalue weighted by Crippen LogP contribution is -2.32. The highest BCUT2D eigenvalue weighted by molar-refractivity contribution is 7.89. The summed E-state index contributed by atoms with van der Waals surface area (Å²) in [5, 5.41) is 13.1. The maximum atomic E-state index is 12.8. The molecule has 3 aromatic rings. The van der Waals surface area contributed by atoms with E-state index >= 15 is 0 Å². The Labute approximate surface area is 156 Å². The van der Waals surface area contributed by atoms with Crippen LogP contribution >= 0.6 is 0 Å². The molecule has 0 spiro atoms. The molecule has 0 bridgehead atoms. The molecule has 1 unspecified atom stereocenters. The fraction of sp³-hybridized carbons (Fsp3) is 0.125. The number of hydrogen-bond donors (Lipinski definition) is 2. The molecule has 0 aliphatic heterocycles. The van der Waals surface area contributed by atoms with Crippen LogP contribution in [0.4, 0.5) is 0 Å². The molecule has 142 valence electrons. The van der Waals surface area contributed by atoms with E-state index in [1.54, 1.807) is 24.3 Å². The number of nitrogens with zero attached hydrogens (tertiary/aromatic N) is 3. The first kappa shape index (κ1) is 19.2. The predicted molar refractivity (Wildman–Crippen MR) is 97.3 cm³/mol. The third-order valence-corrected chi connectivity index (χ3v) is 6.19. The second-order valence-corrected chi connectivity index (χ2v) is 8.96. The van der Waals surface area contributed by atoms with Gasteiger partial charge in [0.25, 0.3) is 0 Å². The Morgan fingerprint density at radius 3 is 2.00 bits per heavy atom. The van der Waals surface area contributed by atoms with Crippen molar-refractivity contribution in [3.05, 3.63) is 72.6 Å². The lowest BCUT2D eigenvalue weighted by atomic mass is 10.1. The molecule has 1 aromatic heterocycles. The number of aromatic nitrogens is 3. The molecule has 1 heterocycles. The molecule has 2 aromatic carbocycles. The van der Waals surface area contributed by atoms with Crippen molar-refractivity contribution in [3.63, 3.8) is 0 Å². The summed E-state index contributed by atoms with van der Waals surface area (Å²) < 4.78 is 50.8. The van der Waals surface area contributed by atoms with Gasteiger partial charge in [0, 0.05) is 0 Å². The predicted octanol–water partition coefficient (Wildman–Crippen LogP) is 0.645. The average Bonchev–Trinajstić information content (AvgIpc) is 3.14. The minimum absolute atomic E-state index is 0.0794. The zero-order chi connectivity index (χ0) is 19.5. The SMILES string of the molecule is NS(=O)(=O)c1ccc(S(=O)(=O)NC(Cn2nccn2)c2ccccc2)cc1. The van der Waals surface area contributed by atoms with Gasteiger partial charge in [-0.3, -0.25) is 0 Å². The summed E-state index contributed by atoms with van der Waals surface area (Å²) in [7, 11) is -7.83. The van der Waals surface area contributed by atoms with Crippen LogP contribution in [0.15, 0.2) is 76.8 Å². The van der Waals surface area contributed by atoms with Crippen molar-refractivity contribution in [3.8, 4) is 0 Å². The number of benzene rings is 2. The van der Waals surface area contributed by atoms with Crippen LogP contribution in [0.1, 0.15) is 11.6 Å². The molecule has 0 saturated heterocycles. The largest absolute Gasteiger partial charge is 0.241 e. The van der Waals surface area contributed by atoms with Gasteiger partial charge in [0.2, 0.25) is 20.0 Å². The van der Waals surface area contributed by atoms with Gasteiger partial charge >= 0.3 is 0 Å². The van der Waals surface area contributed by atoms with E-state index in [0.29, 0.717) is 0 Å². The van der Waals surface area contributed by atoms with Crippen LogP contribution < -0.4 is 9.86 Å². The van der Waals surface area contributed by atoms with Crippen molar-refractivity contribution in [1.82, 2.24) is 19.7 Å². The van der Waals surface area contributed by atoms with Gasteiger partial charge in [0.1, 0.15) is 0 Å². The second-order valence-electron chi connectivity index (χ2n) is 5.68. The van der Waals surface area contributed by atoms with Gasteiger partial charge in [-0.2, -0.15) is 15.0 Å². The summed E-state index contributed by atoms with van der Waals surface area (Å²) in [5.41, 5.74) is 0.736. The standard InChI is InChI=1S/C16H17N5O4S2/c17-26(22,23)14-6-8-15(9-7-14)27(24,25)20-16(12-21-18-10-11-19-21)13-4-2-1-3-5-13/h1-11,16,20H,12H2,(H2,17,22,23). The molecular formula is C16H17N5O4S2. The molecular weight excluding hydrogens is 390 g/mol. The Kier molecular flexibility index (Phi) is 5.37. The molecule has 0 aliphatic rings. The third-order valence-electron chi connectivity index (χ3n) is 3.77. The maximum absolute atomic E-state index is 12.8. The van der Waals surface area contributed by atoms with Crippen molar-refractivity contribution < 1.29 is 16.8 Å². The minimum atomic E-state index is -3.93. The molecule has 3 N–H and O–H groups in total. The van der Waals surface area contributed by atoms with Crippen LogP contribution in [0.2, 0.25) is 0 Å². The van der Waals surface area contributed by atoms with Crippen LogP contribution in [0, 0.1) is 0 Å². The van der Waals surface area contributed by atoms with Crippen molar-refractivity contribution >= 4 is 20.0 Å². The van der Waals surface area contributed by atoms with Gasteiger partial charge < -0.3 is 0 Å². The Hall–Kier alpha value is -2.60. The van der Waals surface area contributed by atoms with Crippen LogP contribution in [-0.4, -0.2) is 31.8 Å². The quantitative estimate of drug-likeness (QED) is 0.590. The number of rotatable bonds is 7. The Bertz CT molecular complexity index is 1100. The van der Waals surface area contributed by atoms with E-state index in [0.717, 1.165) is 17.7 Å². The first-order valence-corrected chi connectivity index (χ1v) is 10.8. The molecule has 11 heteroatoms. The van der Waals surface area contributed by atoms with Gasteiger partial charge in [-0.25, -0.2) is 26.7 Å². The van der Waals surface area contributed by atoms with Crippen molar-refractivity contribution in [1.29, 1.82) is 0 Å². The molecule has 27 heavy (non-hydrogen) atoms. The van der Waals surface area contributed by atoms with Gasteiger partial charge in [0.05, 0.1) is 34.8 Å². The van der Waals surface area contributed by atoms with Crippen LogP contribution in [-0.2, 0) is 26.6 Å². The normalized spacial score (nSPS) is 13.4. The van der Waals surface area contributed by atoms with Gasteiger partial charge in [-0.1, -0.05) is 30.3 Å². The summed E-state index contributed by atoms with van der Waals surface area (Å²) in [6.07, 6.45) is 3.01. The van der Waals surface area contributed by atoms with Crippen molar-refractivity contribution in [2.75, 3.05) is 0 Å². The van der Waals surface area contributed by atoms with Crippen LogP contribution in [0.3, 0.4) is 0 Å². The molecule has 9 nitrogen and oxygen atoms in total. The molecule has 0 radical (unpaired) electrons. The number of sulfonamides is 2. The number of primary sulfonamides is 1. The van der Waals surface area contributed by atoms with E-state index in [9.17, 15) is 16.8 Å². The molecule has 3 rings (SSSR count). The van der Waals surface area contributed by atoms with E-state index in [1.165, 1.54) is 29.3 Å². The lowest BCUT2D eigenvalue weighted by Gasteiger charge is -2.19. The van der Waals surface area contributed by atoms with E-state index < -0.39 is 26.1 Å². The first-order chi connectivity index (χ1) is 12.8. The van der Waals surface area contributed by atoms with Crippen LogP contribution in [0.5, 0.6) is 0 Å². The van der Waals surface area contributed by atoms with E-state index in [-0.39, 0.29) is 16.3 Å². The van der Waals surface area contributed by atoms with Crippen molar-refractivity contribution in [2.24, 2.45) is 5.14 Å². The van der Waals surface area contributed by atoms with Gasteiger partial charge in [0.15, 0.2) is 0 Å². The maximum Gasteiger partial charge on any atom is 0.241 e. The fourth-order valence-electron chi connectivity index (χ4n) is 2.46. The summed E-state index contributed by atoms with van der Waals surface area (Å²) >= 11 is 0. The molecule has 0 fully saturated rings. The number of nitrogens with one attached hydrogen (secondary N) is 1. The molecule has 0 amide bonds. The second kappa shape index (κ2) is 7.56. The summed E-state index contributed by atoms with van der Waals surface area (Å²) in [6.45, 7) is 0.186. The summed E-state index contributed by atoms with van der Waals surface area (Å²) in [4.78, 5) is 1.13. The zero-order valence-corrected chi connectivity index (χ0v) is 15.6. The number of hydrogen-bond acceptors (Lipinski definition) is 6. The minimum Gasteiger partial charge on any atom is -0.225 e. The average molecular weight is 407 g/mol. The van der Waals surface area contributed by atoms with Crippen LogP contribution in [0.25, 0.3) is 0 Å². The van der Waals surface area contributed by atoms with Gasteiger partial charge in [-0.05, 0) is 29.8 Å². The lowest BCUT2D eigenvalue weighted by molar-refractivity contribution is 0.444. The summed E-state index contributed by atoms with van der Waals surface area (Å²) in [6, 6.07) is 13.1. The fourth-order valence-corrected chi connectivity index (χ4v) is 4.19. The van der Waals surface area contributed by atoms with Crippen molar-refractivity contribution in [2.45, 2.75) is 22.4 Å². The van der Waals surface area contributed by atoms with E-state index in [2.05, 4.69) is 14.9 Å². The highest BCUT2D eigenvalue weighted by Crippen LogP contribution is 2.20. The van der Waals surface area contributed by atoms with Gasteiger partial charge in [-0.15, -0.1) is 0 Å². The Morgan fingerprint density at radius 1 is 0.889 bits per heavy atom. The Morgan fingerprint density at radius 2 is 1.44 bits per heavy atom. The monoisotopic (exact) mass is 407 g/mol. The van der Waals surface area contributed by atoms with E-state index in [1.807, 2.05) is 6.07 Å². The third kappa shape index (κ3) is 4.77. The zero-order valence-electron chi connectivity index (χ0n) is 14.0. The summed E-state index contributed by atoms with van der Waals surface area (Å²) in [5.74, 6) is 0. The molecule has 1 atom stereocenters. The highest BCUT2D eigenvalue weighted by atomic mass is 32.2. The molecule has 0 saturated carbocycles. The topological polar surface area (TPSA) is 137 Å². The number of nitrogens with two attached hydrogens (primary N) is 1. The smallest absolute Gasteiger partial charge is 0.225 e. The Balaban J connectivity index is 1.89.